The normalized spacial score (nSPS) is 13.8. The Balaban J connectivity index is 2.54. The summed E-state index contributed by atoms with van der Waals surface area (Å²) in [5.41, 5.74) is 1.29. The van der Waals surface area contributed by atoms with Crippen LogP contribution in [0.4, 0.5) is 0 Å². The minimum atomic E-state index is 0.955. The van der Waals surface area contributed by atoms with E-state index in [9.17, 15) is 0 Å². The third kappa shape index (κ3) is 0.708. The predicted octanol–water partition coefficient (Wildman–Crippen LogP) is 1.20. The molecule has 0 aromatic heterocycles. The standard InChI is InChI=1S/C7H6BO/c1-2-4-7-6(3-1)5-8-9-7/h1-4H,5H2. The Morgan fingerprint density at radius 1 is 1.33 bits per heavy atom. The van der Waals surface area contributed by atoms with Gasteiger partial charge in [0.2, 0.25) is 0 Å². The van der Waals surface area contributed by atoms with Gasteiger partial charge in [-0.1, -0.05) is 18.2 Å². The average Bonchev–Trinajstić information content (AvgIpc) is 2.33. The Hall–Kier alpha value is -0.915. The van der Waals surface area contributed by atoms with Crippen molar-refractivity contribution in [3.63, 3.8) is 0 Å². The highest BCUT2D eigenvalue weighted by molar-refractivity contribution is 6.29. The van der Waals surface area contributed by atoms with E-state index >= 15 is 0 Å². The maximum atomic E-state index is 5.17. The molecule has 0 fully saturated rings. The monoisotopic (exact) mass is 117 g/mol. The number of rotatable bonds is 0. The summed E-state index contributed by atoms with van der Waals surface area (Å²) in [5.74, 6) is 1.01. The lowest BCUT2D eigenvalue weighted by atomic mass is 9.94. The van der Waals surface area contributed by atoms with Gasteiger partial charge in [-0.15, -0.1) is 0 Å². The average molecular weight is 117 g/mol. The molecule has 1 nitrogen and oxygen atoms in total. The molecule has 0 N–H and O–H groups in total. The molecule has 9 heavy (non-hydrogen) atoms. The van der Waals surface area contributed by atoms with Crippen molar-refractivity contribution in [3.05, 3.63) is 29.8 Å². The van der Waals surface area contributed by atoms with Crippen molar-refractivity contribution in [2.75, 3.05) is 0 Å². The largest absolute Gasteiger partial charge is 0.563 e. The minimum absolute atomic E-state index is 0.955. The topological polar surface area (TPSA) is 9.23 Å². The van der Waals surface area contributed by atoms with E-state index in [2.05, 4.69) is 6.07 Å². The Morgan fingerprint density at radius 2 is 2.22 bits per heavy atom. The summed E-state index contributed by atoms with van der Waals surface area (Å²) in [5, 5.41) is 0. The first-order valence-corrected chi connectivity index (χ1v) is 3.03. The highest BCUT2D eigenvalue weighted by Crippen LogP contribution is 2.22. The van der Waals surface area contributed by atoms with Crippen LogP contribution in [0.1, 0.15) is 5.56 Å². The molecule has 1 aliphatic rings. The van der Waals surface area contributed by atoms with Gasteiger partial charge in [0.15, 0.2) is 0 Å². The van der Waals surface area contributed by atoms with Gasteiger partial charge >= 0.3 is 7.48 Å². The van der Waals surface area contributed by atoms with Crippen molar-refractivity contribution in [3.8, 4) is 5.75 Å². The molecular formula is C7H6BO. The van der Waals surface area contributed by atoms with Crippen LogP contribution in [0.25, 0.3) is 0 Å². The molecule has 0 bridgehead atoms. The first-order valence-electron chi connectivity index (χ1n) is 3.03. The number of hydrogen-bond donors (Lipinski definition) is 0. The maximum absolute atomic E-state index is 5.17. The minimum Gasteiger partial charge on any atom is -0.563 e. The molecule has 0 unspecified atom stereocenters. The molecular weight excluding hydrogens is 111 g/mol. The predicted molar refractivity (Wildman–Crippen MR) is 36.5 cm³/mol. The van der Waals surface area contributed by atoms with Crippen LogP contribution in [0.2, 0.25) is 0 Å². The third-order valence-corrected chi connectivity index (χ3v) is 1.49. The highest BCUT2D eigenvalue weighted by Gasteiger charge is 2.11. The van der Waals surface area contributed by atoms with Crippen LogP contribution in [0, 0.1) is 0 Å². The van der Waals surface area contributed by atoms with Gasteiger partial charge in [-0.05, 0) is 17.9 Å². The van der Waals surface area contributed by atoms with Crippen LogP contribution in [-0.4, -0.2) is 7.48 Å². The maximum Gasteiger partial charge on any atom is 0.374 e. The molecule has 0 aliphatic carbocycles. The van der Waals surface area contributed by atoms with Crippen LogP contribution >= 0.6 is 0 Å². The van der Waals surface area contributed by atoms with E-state index < -0.39 is 0 Å². The zero-order valence-electron chi connectivity index (χ0n) is 5.00. The van der Waals surface area contributed by atoms with Crippen molar-refractivity contribution in [1.82, 2.24) is 0 Å². The van der Waals surface area contributed by atoms with E-state index in [0.29, 0.717) is 0 Å². The molecule has 1 aliphatic heterocycles. The Kier molecular flexibility index (Phi) is 0.981. The SMILES string of the molecule is [B]1Cc2ccccc2O1. The Morgan fingerprint density at radius 3 is 3.11 bits per heavy atom. The second kappa shape index (κ2) is 1.80. The first-order chi connectivity index (χ1) is 4.47. The third-order valence-electron chi connectivity index (χ3n) is 1.49. The summed E-state index contributed by atoms with van der Waals surface area (Å²) in [6, 6.07) is 8.08. The van der Waals surface area contributed by atoms with Gasteiger partial charge in [-0.25, -0.2) is 0 Å². The second-order valence-corrected chi connectivity index (χ2v) is 2.10. The smallest absolute Gasteiger partial charge is 0.374 e. The van der Waals surface area contributed by atoms with Crippen molar-refractivity contribution in [1.29, 1.82) is 0 Å². The van der Waals surface area contributed by atoms with Crippen molar-refractivity contribution >= 4 is 7.48 Å². The Bertz CT molecular complexity index is 199. The van der Waals surface area contributed by atoms with Crippen molar-refractivity contribution in [2.24, 2.45) is 0 Å². The molecule has 0 spiro atoms. The van der Waals surface area contributed by atoms with E-state index in [4.69, 9.17) is 4.65 Å². The molecule has 0 saturated carbocycles. The quantitative estimate of drug-likeness (QED) is 0.464. The highest BCUT2D eigenvalue weighted by atomic mass is 16.4. The molecule has 2 rings (SSSR count). The van der Waals surface area contributed by atoms with Gasteiger partial charge in [-0.3, -0.25) is 0 Å². The van der Waals surface area contributed by atoms with Gasteiger partial charge < -0.3 is 4.65 Å². The lowest BCUT2D eigenvalue weighted by Gasteiger charge is -1.95. The van der Waals surface area contributed by atoms with Crippen molar-refractivity contribution < 1.29 is 4.65 Å². The number of para-hydroxylation sites is 1. The summed E-state index contributed by atoms with van der Waals surface area (Å²) < 4.78 is 5.17. The fourth-order valence-corrected chi connectivity index (χ4v) is 1.01. The summed E-state index contributed by atoms with van der Waals surface area (Å²) in [6.07, 6.45) is 0.955. The van der Waals surface area contributed by atoms with E-state index in [0.717, 1.165) is 12.1 Å². The number of benzene rings is 1. The fourth-order valence-electron chi connectivity index (χ4n) is 1.01. The first kappa shape index (κ1) is 4.92. The van der Waals surface area contributed by atoms with Crippen molar-refractivity contribution in [2.45, 2.75) is 6.32 Å². The van der Waals surface area contributed by atoms with Crippen LogP contribution in [0.3, 0.4) is 0 Å². The zero-order chi connectivity index (χ0) is 6.10. The van der Waals surface area contributed by atoms with E-state index in [1.165, 1.54) is 5.56 Å². The lowest BCUT2D eigenvalue weighted by molar-refractivity contribution is 0.614. The molecule has 0 saturated heterocycles. The number of hydrogen-bond acceptors (Lipinski definition) is 1. The zero-order valence-corrected chi connectivity index (χ0v) is 5.00. The summed E-state index contributed by atoms with van der Waals surface area (Å²) in [4.78, 5) is 0. The van der Waals surface area contributed by atoms with Gasteiger partial charge in [0, 0.05) is 0 Å². The Labute approximate surface area is 54.9 Å². The van der Waals surface area contributed by atoms with E-state index in [1.54, 1.807) is 0 Å². The molecule has 0 atom stereocenters. The summed E-state index contributed by atoms with van der Waals surface area (Å²) in [6.45, 7) is 0. The molecule has 2 heteroatoms. The second-order valence-electron chi connectivity index (χ2n) is 2.10. The van der Waals surface area contributed by atoms with Gasteiger partial charge in [-0.2, -0.15) is 0 Å². The van der Waals surface area contributed by atoms with E-state index in [1.807, 2.05) is 25.7 Å². The van der Waals surface area contributed by atoms with Crippen LogP contribution in [0.15, 0.2) is 24.3 Å². The van der Waals surface area contributed by atoms with Gasteiger partial charge in [0.05, 0.1) is 0 Å². The van der Waals surface area contributed by atoms with Crippen LogP contribution in [-0.2, 0) is 6.32 Å². The fraction of sp³-hybridized carbons (Fsp3) is 0.143. The summed E-state index contributed by atoms with van der Waals surface area (Å²) >= 11 is 0. The molecule has 1 aromatic carbocycles. The molecule has 0 amide bonds. The lowest BCUT2D eigenvalue weighted by Crippen LogP contribution is -1.92. The van der Waals surface area contributed by atoms with Gasteiger partial charge in [0.1, 0.15) is 5.75 Å². The molecule has 1 heterocycles. The molecule has 43 valence electrons. The summed E-state index contributed by atoms with van der Waals surface area (Å²) in [7, 11) is 1.82. The van der Waals surface area contributed by atoms with Crippen LogP contribution < -0.4 is 4.65 Å². The molecule has 1 aromatic rings. The van der Waals surface area contributed by atoms with Gasteiger partial charge in [0.25, 0.3) is 0 Å². The molecule has 1 radical (unpaired) electrons. The van der Waals surface area contributed by atoms with E-state index in [-0.39, 0.29) is 0 Å². The van der Waals surface area contributed by atoms with Crippen LogP contribution in [0.5, 0.6) is 5.75 Å². The number of fused-ring (bicyclic) bond motifs is 1.